The average molecular weight is 415 g/mol. The van der Waals surface area contributed by atoms with E-state index < -0.39 is 11.7 Å². The molecule has 7 nitrogen and oxygen atoms in total. The van der Waals surface area contributed by atoms with Crippen molar-refractivity contribution >= 4 is 17.5 Å². The third kappa shape index (κ3) is 6.82. The van der Waals surface area contributed by atoms with Crippen molar-refractivity contribution in [3.8, 4) is 5.75 Å². The van der Waals surface area contributed by atoms with Gasteiger partial charge in [0.15, 0.2) is 6.61 Å². The topological polar surface area (TPSA) is 79.9 Å². The van der Waals surface area contributed by atoms with Crippen molar-refractivity contribution in [2.45, 2.75) is 6.42 Å². The predicted molar refractivity (Wildman–Crippen MR) is 111 cm³/mol. The summed E-state index contributed by atoms with van der Waals surface area (Å²) in [5, 5.41) is 5.57. The first-order valence-corrected chi connectivity index (χ1v) is 9.97. The van der Waals surface area contributed by atoms with E-state index in [0.29, 0.717) is 17.8 Å². The van der Waals surface area contributed by atoms with Crippen LogP contribution >= 0.6 is 0 Å². The Labute approximate surface area is 175 Å². The van der Waals surface area contributed by atoms with Gasteiger partial charge in [0, 0.05) is 25.7 Å². The highest BCUT2D eigenvalue weighted by Crippen LogP contribution is 2.16. The molecule has 30 heavy (non-hydrogen) atoms. The number of anilines is 1. The molecule has 2 amide bonds. The largest absolute Gasteiger partial charge is 0.484 e. The molecule has 2 aromatic rings. The molecular formula is C22H26FN3O4. The zero-order valence-corrected chi connectivity index (χ0v) is 16.7. The fourth-order valence-corrected chi connectivity index (χ4v) is 3.11. The molecule has 1 fully saturated rings. The van der Waals surface area contributed by atoms with Gasteiger partial charge in [-0.1, -0.05) is 18.2 Å². The molecule has 3 rings (SSSR count). The molecular weight excluding hydrogens is 389 g/mol. The Kier molecular flexibility index (Phi) is 8.17. The zero-order valence-electron chi connectivity index (χ0n) is 16.7. The Balaban J connectivity index is 1.46. The second-order valence-electron chi connectivity index (χ2n) is 6.90. The number of halogens is 1. The molecule has 2 N–H and O–H groups in total. The molecule has 8 heteroatoms. The minimum absolute atomic E-state index is 0.251. The summed E-state index contributed by atoms with van der Waals surface area (Å²) in [5.74, 6) is -0.870. The van der Waals surface area contributed by atoms with Crippen LogP contribution in [0.25, 0.3) is 0 Å². The van der Waals surface area contributed by atoms with Crippen molar-refractivity contribution < 1.29 is 23.5 Å². The number of nitrogens with one attached hydrogen (secondary N) is 2. The molecule has 0 aromatic heterocycles. The summed E-state index contributed by atoms with van der Waals surface area (Å²) in [5.41, 5.74) is 0.777. The van der Waals surface area contributed by atoms with Crippen LogP contribution in [0.1, 0.15) is 16.8 Å². The lowest BCUT2D eigenvalue weighted by Gasteiger charge is -2.26. The lowest BCUT2D eigenvalue weighted by Crippen LogP contribution is -2.38. The maximum atomic E-state index is 13.2. The number of rotatable bonds is 9. The highest BCUT2D eigenvalue weighted by molar-refractivity contribution is 6.04. The number of nitrogens with zero attached hydrogens (tertiary/aromatic N) is 1. The van der Waals surface area contributed by atoms with Crippen LogP contribution in [0.4, 0.5) is 10.1 Å². The third-order valence-corrected chi connectivity index (χ3v) is 4.65. The summed E-state index contributed by atoms with van der Waals surface area (Å²) in [4.78, 5) is 27.1. The van der Waals surface area contributed by atoms with Crippen LogP contribution in [0.5, 0.6) is 5.75 Å². The summed E-state index contributed by atoms with van der Waals surface area (Å²) in [6.45, 7) is 4.49. The number of benzene rings is 2. The second-order valence-corrected chi connectivity index (χ2v) is 6.90. The van der Waals surface area contributed by atoms with E-state index in [1.807, 2.05) is 0 Å². The van der Waals surface area contributed by atoms with E-state index >= 15 is 0 Å². The van der Waals surface area contributed by atoms with Crippen molar-refractivity contribution in [2.75, 3.05) is 51.3 Å². The van der Waals surface area contributed by atoms with Gasteiger partial charge >= 0.3 is 0 Å². The molecule has 0 saturated carbocycles. The summed E-state index contributed by atoms with van der Waals surface area (Å²) in [6, 6.07) is 12.3. The minimum atomic E-state index is -0.441. The molecule has 0 radical (unpaired) electrons. The van der Waals surface area contributed by atoms with Gasteiger partial charge in [0.05, 0.1) is 24.5 Å². The van der Waals surface area contributed by atoms with Crippen LogP contribution in [-0.2, 0) is 9.53 Å². The standard InChI is InChI=1S/C22H26FN3O4/c23-17-5-3-6-18(15-17)30-16-21(27)25-20-8-2-1-7-19(20)22(28)24-9-4-10-26-11-13-29-14-12-26/h1-3,5-8,15H,4,9-14,16H2,(H,24,28)(H,25,27). The van der Waals surface area contributed by atoms with Crippen LogP contribution in [0.3, 0.4) is 0 Å². The molecule has 160 valence electrons. The number of ether oxygens (including phenoxy) is 2. The van der Waals surface area contributed by atoms with Gasteiger partial charge in [0.25, 0.3) is 11.8 Å². The third-order valence-electron chi connectivity index (χ3n) is 4.65. The number of morpholine rings is 1. The predicted octanol–water partition coefficient (Wildman–Crippen LogP) is 2.30. The fourth-order valence-electron chi connectivity index (χ4n) is 3.11. The van der Waals surface area contributed by atoms with Crippen molar-refractivity contribution in [2.24, 2.45) is 0 Å². The first-order chi connectivity index (χ1) is 14.6. The molecule has 1 aliphatic rings. The van der Waals surface area contributed by atoms with Crippen LogP contribution < -0.4 is 15.4 Å². The van der Waals surface area contributed by atoms with Crippen molar-refractivity contribution in [3.05, 3.63) is 59.9 Å². The number of amides is 2. The maximum absolute atomic E-state index is 13.2. The molecule has 1 aliphatic heterocycles. The van der Waals surface area contributed by atoms with E-state index in [1.165, 1.54) is 18.2 Å². The van der Waals surface area contributed by atoms with E-state index in [-0.39, 0.29) is 18.3 Å². The van der Waals surface area contributed by atoms with Gasteiger partial charge < -0.3 is 20.1 Å². The van der Waals surface area contributed by atoms with Gasteiger partial charge in [0.2, 0.25) is 0 Å². The Hall–Kier alpha value is -2.97. The molecule has 0 spiro atoms. The Bertz CT molecular complexity index is 856. The van der Waals surface area contributed by atoms with Crippen molar-refractivity contribution in [1.29, 1.82) is 0 Å². The lowest BCUT2D eigenvalue weighted by atomic mass is 10.1. The summed E-state index contributed by atoms with van der Waals surface area (Å²) in [6.07, 6.45) is 0.835. The SMILES string of the molecule is O=C(COc1cccc(F)c1)Nc1ccccc1C(=O)NCCCN1CCOCC1. The van der Waals surface area contributed by atoms with Gasteiger partial charge in [-0.3, -0.25) is 14.5 Å². The van der Waals surface area contributed by atoms with Gasteiger partial charge in [-0.05, 0) is 37.2 Å². The first-order valence-electron chi connectivity index (χ1n) is 9.97. The lowest BCUT2D eigenvalue weighted by molar-refractivity contribution is -0.118. The van der Waals surface area contributed by atoms with Gasteiger partial charge in [-0.15, -0.1) is 0 Å². The quantitative estimate of drug-likeness (QED) is 0.615. The normalized spacial score (nSPS) is 14.2. The van der Waals surface area contributed by atoms with Gasteiger partial charge in [-0.2, -0.15) is 0 Å². The number of carbonyl (C=O) groups is 2. The van der Waals surface area contributed by atoms with Crippen LogP contribution in [0.2, 0.25) is 0 Å². The van der Waals surface area contributed by atoms with E-state index in [2.05, 4.69) is 15.5 Å². The monoisotopic (exact) mass is 415 g/mol. The molecule has 2 aromatic carbocycles. The first kappa shape index (κ1) is 21.7. The van der Waals surface area contributed by atoms with Gasteiger partial charge in [-0.25, -0.2) is 4.39 Å². The van der Waals surface area contributed by atoms with Crippen LogP contribution in [0, 0.1) is 5.82 Å². The summed E-state index contributed by atoms with van der Waals surface area (Å²) < 4.78 is 23.8. The maximum Gasteiger partial charge on any atom is 0.262 e. The number of carbonyl (C=O) groups excluding carboxylic acids is 2. The number of para-hydroxylation sites is 1. The van der Waals surface area contributed by atoms with E-state index in [0.717, 1.165) is 39.3 Å². The van der Waals surface area contributed by atoms with E-state index in [9.17, 15) is 14.0 Å². The van der Waals surface area contributed by atoms with E-state index in [1.54, 1.807) is 30.3 Å². The highest BCUT2D eigenvalue weighted by Gasteiger charge is 2.14. The smallest absolute Gasteiger partial charge is 0.262 e. The molecule has 1 saturated heterocycles. The molecule has 0 aliphatic carbocycles. The second kappa shape index (κ2) is 11.3. The Morgan fingerprint density at radius 3 is 2.70 bits per heavy atom. The Morgan fingerprint density at radius 1 is 1.10 bits per heavy atom. The highest BCUT2D eigenvalue weighted by atomic mass is 19.1. The van der Waals surface area contributed by atoms with Crippen molar-refractivity contribution in [1.82, 2.24) is 10.2 Å². The Morgan fingerprint density at radius 2 is 1.90 bits per heavy atom. The average Bonchev–Trinajstić information content (AvgIpc) is 2.76. The number of hydrogen-bond donors (Lipinski definition) is 2. The fraction of sp³-hybridized carbons (Fsp3) is 0.364. The zero-order chi connectivity index (χ0) is 21.2. The molecule has 0 bridgehead atoms. The summed E-state index contributed by atoms with van der Waals surface area (Å²) >= 11 is 0. The summed E-state index contributed by atoms with van der Waals surface area (Å²) in [7, 11) is 0. The molecule has 0 unspecified atom stereocenters. The molecule has 0 atom stereocenters. The van der Waals surface area contributed by atoms with Crippen LogP contribution in [-0.4, -0.2) is 62.7 Å². The van der Waals surface area contributed by atoms with Crippen LogP contribution in [0.15, 0.2) is 48.5 Å². The van der Waals surface area contributed by atoms with E-state index in [4.69, 9.17) is 9.47 Å². The molecule has 1 heterocycles. The van der Waals surface area contributed by atoms with Crippen molar-refractivity contribution in [3.63, 3.8) is 0 Å². The van der Waals surface area contributed by atoms with Gasteiger partial charge in [0.1, 0.15) is 11.6 Å². The number of hydrogen-bond acceptors (Lipinski definition) is 5. The minimum Gasteiger partial charge on any atom is -0.484 e.